The van der Waals surface area contributed by atoms with Crippen LogP contribution in [-0.2, 0) is 0 Å². The van der Waals surface area contributed by atoms with Crippen molar-refractivity contribution in [1.82, 2.24) is 0 Å². The zero-order valence-corrected chi connectivity index (χ0v) is 8.14. The first-order valence-corrected chi connectivity index (χ1v) is 4.31. The van der Waals surface area contributed by atoms with Gasteiger partial charge in [-0.15, -0.1) is 0 Å². The van der Waals surface area contributed by atoms with Gasteiger partial charge in [0.05, 0.1) is 17.7 Å². The van der Waals surface area contributed by atoms with Gasteiger partial charge in [-0.25, -0.2) is 9.59 Å². The Labute approximate surface area is 90.3 Å². The van der Waals surface area contributed by atoms with E-state index >= 15 is 0 Å². The third-order valence-corrected chi connectivity index (χ3v) is 1.99. The van der Waals surface area contributed by atoms with Gasteiger partial charge in [0, 0.05) is 5.56 Å². The standard InChI is InChI=1S/C10H9NO5/c11-4-8(12)5-1-2-6(9(13)14)7(3-5)10(15)16/h1-3H,4,11H2,(H,13,14)(H,15,16). The van der Waals surface area contributed by atoms with Crippen LogP contribution in [0.2, 0.25) is 0 Å². The molecular formula is C10H9NO5. The lowest BCUT2D eigenvalue weighted by molar-refractivity contribution is 0.0651. The van der Waals surface area contributed by atoms with Gasteiger partial charge >= 0.3 is 11.9 Å². The Morgan fingerprint density at radius 3 is 2.06 bits per heavy atom. The fourth-order valence-electron chi connectivity index (χ4n) is 1.20. The van der Waals surface area contributed by atoms with Crippen LogP contribution in [0.25, 0.3) is 0 Å². The van der Waals surface area contributed by atoms with Crippen molar-refractivity contribution in [3.63, 3.8) is 0 Å². The monoisotopic (exact) mass is 223 g/mol. The van der Waals surface area contributed by atoms with E-state index in [1.807, 2.05) is 0 Å². The van der Waals surface area contributed by atoms with Gasteiger partial charge in [-0.3, -0.25) is 4.79 Å². The zero-order valence-electron chi connectivity index (χ0n) is 8.14. The Bertz CT molecular complexity index is 466. The molecule has 0 aliphatic rings. The average molecular weight is 223 g/mol. The maximum atomic E-state index is 11.2. The number of hydrogen-bond donors (Lipinski definition) is 3. The second-order valence-corrected chi connectivity index (χ2v) is 3.00. The third kappa shape index (κ3) is 2.23. The minimum atomic E-state index is -1.40. The average Bonchev–Trinajstić information content (AvgIpc) is 2.26. The number of benzene rings is 1. The van der Waals surface area contributed by atoms with Crippen molar-refractivity contribution in [3.8, 4) is 0 Å². The van der Waals surface area contributed by atoms with Crippen molar-refractivity contribution >= 4 is 17.7 Å². The van der Waals surface area contributed by atoms with Crippen LogP contribution in [0, 0.1) is 0 Å². The lowest BCUT2D eigenvalue weighted by Crippen LogP contribution is -2.16. The Hall–Kier alpha value is -2.21. The van der Waals surface area contributed by atoms with Crippen molar-refractivity contribution in [1.29, 1.82) is 0 Å². The molecule has 0 spiro atoms. The SMILES string of the molecule is NCC(=O)c1ccc(C(=O)O)c(C(=O)O)c1. The van der Waals surface area contributed by atoms with Gasteiger partial charge in [0.1, 0.15) is 0 Å². The van der Waals surface area contributed by atoms with Crippen LogP contribution < -0.4 is 5.73 Å². The number of nitrogens with two attached hydrogens (primary N) is 1. The van der Waals surface area contributed by atoms with Gasteiger partial charge in [0.2, 0.25) is 0 Å². The molecule has 0 saturated carbocycles. The summed E-state index contributed by atoms with van der Waals surface area (Å²) in [7, 11) is 0. The second-order valence-electron chi connectivity index (χ2n) is 3.00. The number of rotatable bonds is 4. The number of carboxylic acid groups (broad SMARTS) is 2. The number of Topliss-reactive ketones (excluding diaryl/α,β-unsaturated/α-hetero) is 1. The molecule has 0 amide bonds. The van der Waals surface area contributed by atoms with Crippen LogP contribution in [-0.4, -0.2) is 34.5 Å². The maximum absolute atomic E-state index is 11.2. The number of hydrogen-bond acceptors (Lipinski definition) is 4. The molecule has 84 valence electrons. The Balaban J connectivity index is 3.34. The molecule has 0 heterocycles. The first-order chi connectivity index (χ1) is 7.47. The van der Waals surface area contributed by atoms with Crippen LogP contribution >= 0.6 is 0 Å². The molecule has 0 bridgehead atoms. The lowest BCUT2D eigenvalue weighted by atomic mass is 10.0. The summed E-state index contributed by atoms with van der Waals surface area (Å²) < 4.78 is 0. The van der Waals surface area contributed by atoms with Gasteiger partial charge in [0.25, 0.3) is 0 Å². The minimum absolute atomic E-state index is 0.0879. The van der Waals surface area contributed by atoms with Crippen molar-refractivity contribution in [2.75, 3.05) is 6.54 Å². The molecule has 0 aliphatic carbocycles. The second kappa shape index (κ2) is 4.54. The highest BCUT2D eigenvalue weighted by molar-refractivity contribution is 6.05. The van der Waals surface area contributed by atoms with Crippen LogP contribution in [0.15, 0.2) is 18.2 Å². The van der Waals surface area contributed by atoms with Crippen LogP contribution in [0.1, 0.15) is 31.1 Å². The fourth-order valence-corrected chi connectivity index (χ4v) is 1.20. The highest BCUT2D eigenvalue weighted by Crippen LogP contribution is 2.13. The molecule has 1 rings (SSSR count). The van der Waals surface area contributed by atoms with E-state index in [1.54, 1.807) is 0 Å². The normalized spacial score (nSPS) is 9.81. The number of ketones is 1. The van der Waals surface area contributed by atoms with E-state index in [0.29, 0.717) is 0 Å². The Morgan fingerprint density at radius 1 is 1.06 bits per heavy atom. The summed E-state index contributed by atoms with van der Waals surface area (Å²) in [6.45, 7) is -0.258. The lowest BCUT2D eigenvalue weighted by Gasteiger charge is -2.03. The molecule has 4 N–H and O–H groups in total. The molecular weight excluding hydrogens is 214 g/mol. The Kier molecular flexibility index (Phi) is 3.37. The van der Waals surface area contributed by atoms with E-state index < -0.39 is 23.3 Å². The summed E-state index contributed by atoms with van der Waals surface area (Å²) >= 11 is 0. The minimum Gasteiger partial charge on any atom is -0.478 e. The highest BCUT2D eigenvalue weighted by Gasteiger charge is 2.17. The quantitative estimate of drug-likeness (QED) is 0.628. The molecule has 1 aromatic carbocycles. The molecule has 0 fully saturated rings. The van der Waals surface area contributed by atoms with Gasteiger partial charge in [-0.2, -0.15) is 0 Å². The summed E-state index contributed by atoms with van der Waals surface area (Å²) in [5.41, 5.74) is 4.42. The van der Waals surface area contributed by atoms with Crippen LogP contribution in [0.3, 0.4) is 0 Å². The van der Waals surface area contributed by atoms with Gasteiger partial charge in [-0.1, -0.05) is 6.07 Å². The molecule has 0 saturated heterocycles. The molecule has 0 aliphatic heterocycles. The van der Waals surface area contributed by atoms with E-state index in [2.05, 4.69) is 0 Å². The van der Waals surface area contributed by atoms with E-state index in [4.69, 9.17) is 15.9 Å². The van der Waals surface area contributed by atoms with Crippen molar-refractivity contribution in [3.05, 3.63) is 34.9 Å². The number of aromatic carboxylic acids is 2. The molecule has 6 nitrogen and oxygen atoms in total. The zero-order chi connectivity index (χ0) is 12.3. The molecule has 6 heteroatoms. The topological polar surface area (TPSA) is 118 Å². The van der Waals surface area contributed by atoms with E-state index in [1.165, 1.54) is 6.07 Å². The number of carboxylic acids is 2. The third-order valence-electron chi connectivity index (χ3n) is 1.99. The van der Waals surface area contributed by atoms with Gasteiger partial charge in [0.15, 0.2) is 5.78 Å². The first kappa shape index (κ1) is 11.9. The molecule has 0 unspecified atom stereocenters. The summed E-state index contributed by atoms with van der Waals surface area (Å²) in [5, 5.41) is 17.5. The van der Waals surface area contributed by atoms with E-state index in [9.17, 15) is 14.4 Å². The molecule has 0 aromatic heterocycles. The summed E-state index contributed by atoms with van der Waals surface area (Å²) in [4.78, 5) is 32.7. The first-order valence-electron chi connectivity index (χ1n) is 4.31. The van der Waals surface area contributed by atoms with E-state index in [-0.39, 0.29) is 17.7 Å². The molecule has 0 atom stereocenters. The highest BCUT2D eigenvalue weighted by atomic mass is 16.4. The summed E-state index contributed by atoms with van der Waals surface area (Å²) in [5.74, 6) is -3.20. The summed E-state index contributed by atoms with van der Waals surface area (Å²) in [6.07, 6.45) is 0. The van der Waals surface area contributed by atoms with Gasteiger partial charge < -0.3 is 15.9 Å². The number of carbonyl (C=O) groups is 3. The van der Waals surface area contributed by atoms with Gasteiger partial charge in [-0.05, 0) is 12.1 Å². The van der Waals surface area contributed by atoms with Crippen LogP contribution in [0.4, 0.5) is 0 Å². The van der Waals surface area contributed by atoms with Crippen molar-refractivity contribution in [2.45, 2.75) is 0 Å². The molecule has 1 aromatic rings. The molecule has 0 radical (unpaired) electrons. The van der Waals surface area contributed by atoms with Crippen molar-refractivity contribution < 1.29 is 24.6 Å². The van der Waals surface area contributed by atoms with Crippen molar-refractivity contribution in [2.24, 2.45) is 5.73 Å². The summed E-state index contributed by atoms with van der Waals surface area (Å²) in [6, 6.07) is 3.33. The fraction of sp³-hybridized carbons (Fsp3) is 0.100. The Morgan fingerprint density at radius 2 is 1.62 bits per heavy atom. The smallest absolute Gasteiger partial charge is 0.336 e. The largest absolute Gasteiger partial charge is 0.478 e. The van der Waals surface area contributed by atoms with Crippen LogP contribution in [0.5, 0.6) is 0 Å². The number of carbonyl (C=O) groups excluding carboxylic acids is 1. The predicted molar refractivity (Wildman–Crippen MR) is 53.7 cm³/mol. The van der Waals surface area contributed by atoms with E-state index in [0.717, 1.165) is 12.1 Å². The maximum Gasteiger partial charge on any atom is 0.336 e. The predicted octanol–water partition coefficient (Wildman–Crippen LogP) is 0.224. The molecule has 16 heavy (non-hydrogen) atoms.